The van der Waals surface area contributed by atoms with Crippen LogP contribution >= 0.6 is 11.3 Å². The summed E-state index contributed by atoms with van der Waals surface area (Å²) in [7, 11) is 0. The Bertz CT molecular complexity index is 484. The largest absolute Gasteiger partial charge is 0.343 e. The van der Waals surface area contributed by atoms with Crippen molar-refractivity contribution >= 4 is 23.2 Å². The van der Waals surface area contributed by atoms with Gasteiger partial charge in [0.15, 0.2) is 0 Å². The molecule has 0 aromatic carbocycles. The summed E-state index contributed by atoms with van der Waals surface area (Å²) in [4.78, 5) is 28.3. The van der Waals surface area contributed by atoms with Crippen molar-refractivity contribution in [3.63, 3.8) is 0 Å². The van der Waals surface area contributed by atoms with Gasteiger partial charge < -0.3 is 10.2 Å². The monoisotopic (exact) mass is 280 g/mol. The molecule has 0 radical (unpaired) electrons. The van der Waals surface area contributed by atoms with Crippen molar-refractivity contribution in [1.82, 2.24) is 10.2 Å². The number of carbonyl (C=O) groups is 2. The SMILES string of the molecule is CCc1ccc(CN2C(=O)C(CC)NC(=O)C2C)s1. The molecule has 19 heavy (non-hydrogen) atoms. The van der Waals surface area contributed by atoms with Gasteiger partial charge in [-0.25, -0.2) is 0 Å². The lowest BCUT2D eigenvalue weighted by Crippen LogP contribution is -2.61. The van der Waals surface area contributed by atoms with Gasteiger partial charge in [0.25, 0.3) is 0 Å². The van der Waals surface area contributed by atoms with E-state index in [0.717, 1.165) is 11.3 Å². The van der Waals surface area contributed by atoms with Crippen molar-refractivity contribution in [1.29, 1.82) is 0 Å². The Hall–Kier alpha value is -1.36. The van der Waals surface area contributed by atoms with E-state index in [1.807, 2.05) is 6.92 Å². The summed E-state index contributed by atoms with van der Waals surface area (Å²) >= 11 is 1.72. The highest BCUT2D eigenvalue weighted by atomic mass is 32.1. The maximum Gasteiger partial charge on any atom is 0.246 e. The van der Waals surface area contributed by atoms with Gasteiger partial charge in [0.05, 0.1) is 6.54 Å². The fourth-order valence-corrected chi connectivity index (χ4v) is 3.20. The minimum absolute atomic E-state index is 0.0287. The van der Waals surface area contributed by atoms with E-state index < -0.39 is 0 Å². The third-order valence-electron chi connectivity index (χ3n) is 3.54. The lowest BCUT2D eigenvalue weighted by molar-refractivity contribution is -0.149. The van der Waals surface area contributed by atoms with E-state index in [1.54, 1.807) is 23.2 Å². The smallest absolute Gasteiger partial charge is 0.246 e. The summed E-state index contributed by atoms with van der Waals surface area (Å²) in [6.45, 7) is 6.35. The summed E-state index contributed by atoms with van der Waals surface area (Å²) < 4.78 is 0. The van der Waals surface area contributed by atoms with Crippen LogP contribution in [-0.2, 0) is 22.6 Å². The Labute approximate surface area is 117 Å². The van der Waals surface area contributed by atoms with Crippen molar-refractivity contribution < 1.29 is 9.59 Å². The minimum atomic E-state index is -0.387. The zero-order chi connectivity index (χ0) is 14.0. The summed E-state index contributed by atoms with van der Waals surface area (Å²) in [6.07, 6.45) is 1.64. The second-order valence-electron chi connectivity index (χ2n) is 4.83. The first-order valence-corrected chi connectivity index (χ1v) is 7.56. The molecule has 5 heteroatoms. The number of nitrogens with one attached hydrogen (secondary N) is 1. The molecule has 1 aliphatic heterocycles. The quantitative estimate of drug-likeness (QED) is 0.916. The summed E-state index contributed by atoms with van der Waals surface area (Å²) in [5.74, 6) is -0.0280. The fraction of sp³-hybridized carbons (Fsp3) is 0.571. The van der Waals surface area contributed by atoms with Gasteiger partial charge in [-0.05, 0) is 31.9 Å². The van der Waals surface area contributed by atoms with Gasteiger partial charge in [-0.15, -0.1) is 11.3 Å². The van der Waals surface area contributed by atoms with Gasteiger partial charge in [-0.2, -0.15) is 0 Å². The number of aryl methyl sites for hydroxylation is 1. The molecule has 2 heterocycles. The summed E-state index contributed by atoms with van der Waals surface area (Å²) in [5.41, 5.74) is 0. The van der Waals surface area contributed by atoms with E-state index in [1.165, 1.54) is 4.88 Å². The Morgan fingerprint density at radius 2 is 1.95 bits per heavy atom. The van der Waals surface area contributed by atoms with E-state index >= 15 is 0 Å². The van der Waals surface area contributed by atoms with Gasteiger partial charge in [0, 0.05) is 9.75 Å². The van der Waals surface area contributed by atoms with Gasteiger partial charge in [-0.3, -0.25) is 9.59 Å². The second-order valence-corrected chi connectivity index (χ2v) is 6.09. The van der Waals surface area contributed by atoms with Crippen LogP contribution in [0.1, 0.15) is 36.9 Å². The number of carbonyl (C=O) groups excluding carboxylic acids is 2. The van der Waals surface area contributed by atoms with Crippen LogP contribution in [0.2, 0.25) is 0 Å². The van der Waals surface area contributed by atoms with Crippen molar-refractivity contribution in [2.75, 3.05) is 0 Å². The fourth-order valence-electron chi connectivity index (χ4n) is 2.24. The molecule has 1 aromatic rings. The molecule has 0 spiro atoms. The molecule has 1 saturated heterocycles. The maximum atomic E-state index is 12.3. The first-order chi connectivity index (χ1) is 9.06. The molecule has 1 aromatic heterocycles. The molecular weight excluding hydrogens is 260 g/mol. The number of rotatable bonds is 4. The lowest BCUT2D eigenvalue weighted by atomic mass is 10.1. The first kappa shape index (κ1) is 14.1. The molecule has 4 nitrogen and oxygen atoms in total. The van der Waals surface area contributed by atoms with Crippen LogP contribution in [-0.4, -0.2) is 28.8 Å². The minimum Gasteiger partial charge on any atom is -0.343 e. The van der Waals surface area contributed by atoms with Gasteiger partial charge in [-0.1, -0.05) is 13.8 Å². The molecule has 2 unspecified atom stereocenters. The molecule has 1 N–H and O–H groups in total. The average molecular weight is 280 g/mol. The second kappa shape index (κ2) is 5.74. The number of hydrogen-bond donors (Lipinski definition) is 1. The molecular formula is C14H20N2O2S. The van der Waals surface area contributed by atoms with Crippen molar-refractivity contribution in [2.45, 2.75) is 52.2 Å². The normalized spacial score (nSPS) is 23.6. The highest BCUT2D eigenvalue weighted by Crippen LogP contribution is 2.22. The van der Waals surface area contributed by atoms with Crippen LogP contribution in [0.5, 0.6) is 0 Å². The van der Waals surface area contributed by atoms with Gasteiger partial charge in [0.1, 0.15) is 12.1 Å². The van der Waals surface area contributed by atoms with E-state index in [9.17, 15) is 9.59 Å². The van der Waals surface area contributed by atoms with E-state index in [-0.39, 0.29) is 23.9 Å². The van der Waals surface area contributed by atoms with Crippen LogP contribution in [0.4, 0.5) is 0 Å². The lowest BCUT2D eigenvalue weighted by Gasteiger charge is -2.36. The van der Waals surface area contributed by atoms with Gasteiger partial charge in [0.2, 0.25) is 11.8 Å². The Morgan fingerprint density at radius 3 is 2.53 bits per heavy atom. The van der Waals surface area contributed by atoms with E-state index in [0.29, 0.717) is 13.0 Å². The molecule has 104 valence electrons. The molecule has 0 aliphatic carbocycles. The van der Waals surface area contributed by atoms with Crippen LogP contribution in [0.25, 0.3) is 0 Å². The van der Waals surface area contributed by atoms with Crippen LogP contribution in [0, 0.1) is 0 Å². The molecule has 1 fully saturated rings. The van der Waals surface area contributed by atoms with Crippen LogP contribution in [0.3, 0.4) is 0 Å². The first-order valence-electron chi connectivity index (χ1n) is 6.75. The van der Waals surface area contributed by atoms with Crippen molar-refractivity contribution in [3.8, 4) is 0 Å². The standard InChI is InChI=1S/C14H20N2O2S/c1-4-10-6-7-11(19-10)8-16-9(3)13(17)15-12(5-2)14(16)18/h6-7,9,12H,4-5,8H2,1-3H3,(H,15,17). The van der Waals surface area contributed by atoms with Crippen molar-refractivity contribution in [3.05, 3.63) is 21.9 Å². The third-order valence-corrected chi connectivity index (χ3v) is 4.76. The number of nitrogens with zero attached hydrogens (tertiary/aromatic N) is 1. The Morgan fingerprint density at radius 1 is 1.26 bits per heavy atom. The average Bonchev–Trinajstić information content (AvgIpc) is 2.86. The molecule has 1 aliphatic rings. The summed E-state index contributed by atoms with van der Waals surface area (Å²) in [6, 6.07) is 3.39. The molecule has 0 saturated carbocycles. The number of hydrogen-bond acceptors (Lipinski definition) is 3. The number of piperazine rings is 1. The molecule has 2 amide bonds. The Balaban J connectivity index is 2.15. The molecule has 0 bridgehead atoms. The zero-order valence-electron chi connectivity index (χ0n) is 11.6. The predicted molar refractivity (Wildman–Crippen MR) is 75.9 cm³/mol. The molecule has 2 atom stereocenters. The Kier molecular flexibility index (Phi) is 4.24. The summed E-state index contributed by atoms with van der Waals surface area (Å²) in [5, 5.41) is 2.77. The molecule has 2 rings (SSSR count). The van der Waals surface area contributed by atoms with Gasteiger partial charge >= 0.3 is 0 Å². The highest BCUT2D eigenvalue weighted by Gasteiger charge is 2.37. The van der Waals surface area contributed by atoms with Crippen LogP contribution in [0.15, 0.2) is 12.1 Å². The highest BCUT2D eigenvalue weighted by molar-refractivity contribution is 7.11. The third kappa shape index (κ3) is 2.81. The number of amides is 2. The number of thiophene rings is 1. The maximum absolute atomic E-state index is 12.3. The predicted octanol–water partition coefficient (Wildman–Crippen LogP) is 1.94. The van der Waals surface area contributed by atoms with E-state index in [4.69, 9.17) is 0 Å². The topological polar surface area (TPSA) is 49.4 Å². The zero-order valence-corrected chi connectivity index (χ0v) is 12.4. The van der Waals surface area contributed by atoms with Crippen LogP contribution < -0.4 is 5.32 Å². The van der Waals surface area contributed by atoms with Crippen molar-refractivity contribution in [2.24, 2.45) is 0 Å². The van der Waals surface area contributed by atoms with E-state index in [2.05, 4.69) is 24.4 Å².